The summed E-state index contributed by atoms with van der Waals surface area (Å²) in [6, 6.07) is 26.5. The van der Waals surface area contributed by atoms with Gasteiger partial charge in [0.15, 0.2) is 0 Å². The molecule has 1 unspecified atom stereocenters. The Morgan fingerprint density at radius 2 is 1.49 bits per heavy atom. The van der Waals surface area contributed by atoms with Crippen molar-refractivity contribution in [1.82, 2.24) is 5.32 Å². The van der Waals surface area contributed by atoms with Gasteiger partial charge >= 0.3 is 0 Å². The lowest BCUT2D eigenvalue weighted by molar-refractivity contribution is -0.117. The van der Waals surface area contributed by atoms with Gasteiger partial charge < -0.3 is 10.6 Å². The molecular formula is C38H41ClN2O5S. The average Bonchev–Trinajstić information content (AvgIpc) is 2.99. The van der Waals surface area contributed by atoms with Crippen molar-refractivity contribution in [1.29, 1.82) is 0 Å². The Balaban J connectivity index is 1.57. The number of nitrogens with one attached hydrogen (secondary N) is 2. The van der Waals surface area contributed by atoms with Gasteiger partial charge in [0, 0.05) is 22.8 Å². The van der Waals surface area contributed by atoms with Gasteiger partial charge in [-0.15, -0.1) is 0 Å². The summed E-state index contributed by atoms with van der Waals surface area (Å²) < 4.78 is 30.8. The van der Waals surface area contributed by atoms with Gasteiger partial charge in [-0.1, -0.05) is 93.1 Å². The van der Waals surface area contributed by atoms with E-state index in [-0.39, 0.29) is 17.9 Å². The Hall–Kier alpha value is -4.24. The normalized spacial score (nSPS) is 12.6. The summed E-state index contributed by atoms with van der Waals surface area (Å²) in [4.78, 5) is 26.4. The fraction of sp³-hybridized carbons (Fsp3) is 0.263. The van der Waals surface area contributed by atoms with Gasteiger partial charge in [0.2, 0.25) is 5.91 Å². The van der Waals surface area contributed by atoms with E-state index in [1.165, 1.54) is 0 Å². The molecule has 0 aliphatic heterocycles. The second-order valence-corrected chi connectivity index (χ2v) is 14.8. The van der Waals surface area contributed by atoms with Crippen molar-refractivity contribution in [2.24, 2.45) is 5.41 Å². The molecular weight excluding hydrogens is 632 g/mol. The lowest BCUT2D eigenvalue weighted by Crippen LogP contribution is -2.28. The first-order valence-electron chi connectivity index (χ1n) is 15.4. The molecule has 1 atom stereocenters. The van der Waals surface area contributed by atoms with Crippen LogP contribution in [-0.4, -0.2) is 37.1 Å². The molecule has 246 valence electrons. The number of hydrogen-bond donors (Lipinski definition) is 3. The second-order valence-electron chi connectivity index (χ2n) is 12.8. The van der Waals surface area contributed by atoms with Crippen LogP contribution in [0.25, 0.3) is 17.2 Å². The van der Waals surface area contributed by atoms with Gasteiger partial charge in [-0.3, -0.25) is 14.1 Å². The molecule has 2 amide bonds. The summed E-state index contributed by atoms with van der Waals surface area (Å²) in [6.07, 6.45) is 4.60. The number of allylic oxidation sites excluding steroid dienone is 1. The lowest BCUT2D eigenvalue weighted by Gasteiger charge is -2.19. The van der Waals surface area contributed by atoms with E-state index >= 15 is 0 Å². The van der Waals surface area contributed by atoms with Crippen LogP contribution in [0, 0.1) is 19.3 Å². The Labute approximate surface area is 282 Å². The maximum absolute atomic E-state index is 13.9. The van der Waals surface area contributed by atoms with E-state index in [9.17, 15) is 18.0 Å². The Morgan fingerprint density at radius 1 is 0.872 bits per heavy atom. The highest BCUT2D eigenvalue weighted by Gasteiger charge is 2.22. The SMILES string of the molecule is Cc1cc(Cl)ccc1-c1ccc(NC(=O)C(Cc2ccc(C(=O)NCCS(=O)(=O)O)cc2)c2ccc(/C=C/C(C)(C)C)cc2)cc1C. The van der Waals surface area contributed by atoms with Crippen molar-refractivity contribution in [3.05, 3.63) is 129 Å². The van der Waals surface area contributed by atoms with E-state index in [0.717, 1.165) is 38.9 Å². The molecule has 0 fully saturated rings. The Kier molecular flexibility index (Phi) is 11.4. The van der Waals surface area contributed by atoms with E-state index < -0.39 is 27.7 Å². The zero-order valence-corrected chi connectivity index (χ0v) is 28.9. The van der Waals surface area contributed by atoms with Gasteiger partial charge in [0.1, 0.15) is 0 Å². The summed E-state index contributed by atoms with van der Waals surface area (Å²) in [6.45, 7) is 10.2. The quantitative estimate of drug-likeness (QED) is 0.139. The third-order valence-electron chi connectivity index (χ3n) is 7.71. The number of amides is 2. The monoisotopic (exact) mass is 672 g/mol. The van der Waals surface area contributed by atoms with Crippen molar-refractivity contribution >= 4 is 45.3 Å². The van der Waals surface area contributed by atoms with Crippen LogP contribution in [0.1, 0.15) is 64.9 Å². The number of benzene rings is 4. The van der Waals surface area contributed by atoms with Crippen LogP contribution in [0.5, 0.6) is 0 Å². The molecule has 0 saturated carbocycles. The molecule has 7 nitrogen and oxygen atoms in total. The highest BCUT2D eigenvalue weighted by atomic mass is 35.5. The zero-order valence-electron chi connectivity index (χ0n) is 27.3. The van der Waals surface area contributed by atoms with Crippen LogP contribution in [-0.2, 0) is 21.3 Å². The molecule has 9 heteroatoms. The number of rotatable bonds is 11. The number of hydrogen-bond acceptors (Lipinski definition) is 4. The smallest absolute Gasteiger partial charge is 0.266 e. The van der Waals surface area contributed by atoms with Crippen molar-refractivity contribution in [2.45, 2.75) is 47.0 Å². The molecule has 47 heavy (non-hydrogen) atoms. The predicted molar refractivity (Wildman–Crippen MR) is 192 cm³/mol. The van der Waals surface area contributed by atoms with Crippen molar-refractivity contribution in [3.63, 3.8) is 0 Å². The van der Waals surface area contributed by atoms with Crippen molar-refractivity contribution < 1.29 is 22.6 Å². The molecule has 0 radical (unpaired) electrons. The van der Waals surface area contributed by atoms with E-state index in [0.29, 0.717) is 22.7 Å². The van der Waals surface area contributed by atoms with Gasteiger partial charge in [0.05, 0.1) is 11.7 Å². The van der Waals surface area contributed by atoms with E-state index in [1.54, 1.807) is 24.3 Å². The molecule has 0 aromatic heterocycles. The van der Waals surface area contributed by atoms with Gasteiger partial charge in [-0.05, 0) is 101 Å². The molecule has 0 aliphatic rings. The van der Waals surface area contributed by atoms with Crippen LogP contribution in [0.2, 0.25) is 5.02 Å². The Morgan fingerprint density at radius 3 is 2.06 bits per heavy atom. The summed E-state index contributed by atoms with van der Waals surface area (Å²) in [5, 5.41) is 6.29. The summed E-state index contributed by atoms with van der Waals surface area (Å²) in [7, 11) is -4.17. The van der Waals surface area contributed by atoms with Crippen molar-refractivity contribution in [2.75, 3.05) is 17.6 Å². The van der Waals surface area contributed by atoms with Crippen LogP contribution < -0.4 is 10.6 Å². The largest absolute Gasteiger partial charge is 0.351 e. The predicted octanol–water partition coefficient (Wildman–Crippen LogP) is 8.27. The zero-order chi connectivity index (χ0) is 34.4. The number of halogens is 1. The molecule has 4 aromatic carbocycles. The fourth-order valence-electron chi connectivity index (χ4n) is 5.17. The molecule has 0 spiro atoms. The number of aryl methyl sites for hydroxylation is 2. The molecule has 4 rings (SSSR count). The van der Waals surface area contributed by atoms with E-state index in [4.69, 9.17) is 16.2 Å². The number of carbonyl (C=O) groups is 2. The van der Waals surface area contributed by atoms with Crippen LogP contribution in [0.3, 0.4) is 0 Å². The molecule has 0 aliphatic carbocycles. The summed E-state index contributed by atoms with van der Waals surface area (Å²) in [5.41, 5.74) is 8.05. The van der Waals surface area contributed by atoms with E-state index in [1.807, 2.05) is 74.5 Å². The number of carbonyl (C=O) groups excluding carboxylic acids is 2. The molecule has 3 N–H and O–H groups in total. The van der Waals surface area contributed by atoms with Gasteiger partial charge in [0.25, 0.3) is 16.0 Å². The maximum atomic E-state index is 13.9. The van der Waals surface area contributed by atoms with Crippen molar-refractivity contribution in [3.8, 4) is 11.1 Å². The highest BCUT2D eigenvalue weighted by Crippen LogP contribution is 2.31. The highest BCUT2D eigenvalue weighted by molar-refractivity contribution is 7.85. The minimum atomic E-state index is -4.17. The summed E-state index contributed by atoms with van der Waals surface area (Å²) >= 11 is 6.17. The first-order chi connectivity index (χ1) is 22.1. The second kappa shape index (κ2) is 15.1. The topological polar surface area (TPSA) is 113 Å². The maximum Gasteiger partial charge on any atom is 0.266 e. The standard InChI is InChI=1S/C38H41ClN2O5S/c1-25-22-31(39)14-16-33(25)34-17-15-32(23-26(34)2)41-37(43)35(29-10-6-27(7-11-29)18-19-38(3,4)5)24-28-8-12-30(13-9-28)36(42)40-20-21-47(44,45)46/h6-19,22-23,35H,20-21,24H2,1-5H3,(H,40,42)(H,41,43)(H,44,45,46)/b19-18+. The van der Waals surface area contributed by atoms with Crippen LogP contribution in [0.4, 0.5) is 5.69 Å². The van der Waals surface area contributed by atoms with E-state index in [2.05, 4.69) is 43.6 Å². The Bertz CT molecular complexity index is 1880. The number of anilines is 1. The van der Waals surface area contributed by atoms with Crippen LogP contribution >= 0.6 is 11.6 Å². The molecule has 0 bridgehead atoms. The molecule has 0 saturated heterocycles. The first-order valence-corrected chi connectivity index (χ1v) is 17.4. The average molecular weight is 673 g/mol. The van der Waals surface area contributed by atoms with Crippen LogP contribution in [0.15, 0.2) is 91.0 Å². The first kappa shape index (κ1) is 35.6. The summed E-state index contributed by atoms with van der Waals surface area (Å²) in [5.74, 6) is -1.71. The lowest BCUT2D eigenvalue weighted by atomic mass is 9.89. The fourth-order valence-corrected chi connectivity index (χ4v) is 5.76. The van der Waals surface area contributed by atoms with Gasteiger partial charge in [-0.2, -0.15) is 8.42 Å². The minimum Gasteiger partial charge on any atom is -0.351 e. The molecule has 4 aromatic rings. The molecule has 0 heterocycles. The third kappa shape index (κ3) is 10.6. The third-order valence-corrected chi connectivity index (χ3v) is 8.66. The van der Waals surface area contributed by atoms with Gasteiger partial charge in [-0.25, -0.2) is 0 Å². The minimum absolute atomic E-state index is 0.0423.